The molecule has 0 radical (unpaired) electrons. The Balaban J connectivity index is 1.08. The standard InChI is InChI=1S/C36H43N7O3/c1-40-33-26(13-24(15-30(33)46-2)35(45)43-19-23-6-8-27(43)32(23)37)39-34(40)29-14-22-5-7-25(16-28(22)42(29)18-21-3-4-21)41-11-9-36(10-12-41)17-31(44)38-20-36/h5,7,13-16,21,23,27,32H,3-4,6,8-12,17-20,37H2,1-2H3,(H,38,44)/t23?,27?,32-/m1/s1. The number of piperidine rings is 2. The van der Waals surface area contributed by atoms with E-state index in [2.05, 4.69) is 43.6 Å². The van der Waals surface area contributed by atoms with E-state index in [-0.39, 0.29) is 29.3 Å². The zero-order chi connectivity index (χ0) is 31.3. The van der Waals surface area contributed by atoms with Crippen molar-refractivity contribution in [1.29, 1.82) is 0 Å². The van der Waals surface area contributed by atoms with E-state index in [0.717, 1.165) is 81.0 Å². The molecule has 3 aliphatic heterocycles. The molecule has 2 amide bonds. The number of benzene rings is 2. The number of carbonyl (C=O) groups is 2. The monoisotopic (exact) mass is 621 g/mol. The molecule has 2 bridgehead atoms. The second-order valence-corrected chi connectivity index (χ2v) is 14.7. The second kappa shape index (κ2) is 10.2. The number of fused-ring (bicyclic) bond motifs is 4. The van der Waals surface area contributed by atoms with Crippen LogP contribution < -0.4 is 20.7 Å². The van der Waals surface area contributed by atoms with Gasteiger partial charge in [0.25, 0.3) is 5.91 Å². The summed E-state index contributed by atoms with van der Waals surface area (Å²) in [5.74, 6) is 2.82. The quantitative estimate of drug-likeness (QED) is 0.333. The van der Waals surface area contributed by atoms with Crippen LogP contribution in [0.4, 0.5) is 5.69 Å². The summed E-state index contributed by atoms with van der Waals surface area (Å²) in [5, 5.41) is 4.26. The Morgan fingerprint density at radius 3 is 2.61 bits per heavy atom. The summed E-state index contributed by atoms with van der Waals surface area (Å²) in [5.41, 5.74) is 12.4. The largest absolute Gasteiger partial charge is 0.494 e. The highest BCUT2D eigenvalue weighted by atomic mass is 16.5. The molecule has 10 heteroatoms. The number of likely N-dealkylation sites (tertiary alicyclic amines) is 1. The maximum atomic E-state index is 13.8. The lowest BCUT2D eigenvalue weighted by Gasteiger charge is -2.39. The minimum Gasteiger partial charge on any atom is -0.494 e. The summed E-state index contributed by atoms with van der Waals surface area (Å²) in [6, 6.07) is 13.1. The normalized spacial score (nSPS) is 25.4. The SMILES string of the molecule is COc1cc(C(=O)N2CC3CCC2[C@@H]3N)cc2nc(-c3cc4ccc(N5CCC6(CC5)CNC(=O)C6)cc4n3CC3CC3)n(C)c12. The Kier molecular flexibility index (Phi) is 6.27. The van der Waals surface area contributed by atoms with E-state index in [1.807, 2.05) is 24.1 Å². The van der Waals surface area contributed by atoms with Gasteiger partial charge in [0.15, 0.2) is 5.82 Å². The number of nitrogens with one attached hydrogen (secondary N) is 1. The van der Waals surface area contributed by atoms with Crippen molar-refractivity contribution in [2.24, 2.45) is 30.0 Å². The smallest absolute Gasteiger partial charge is 0.254 e. The number of nitrogens with two attached hydrogens (primary N) is 1. The van der Waals surface area contributed by atoms with Crippen molar-refractivity contribution in [3.8, 4) is 17.3 Å². The third-order valence-corrected chi connectivity index (χ3v) is 12.0. The first kappa shape index (κ1) is 28.2. The van der Waals surface area contributed by atoms with E-state index in [4.69, 9.17) is 15.5 Å². The molecular weight excluding hydrogens is 578 g/mol. The Bertz CT molecular complexity index is 1900. The number of aromatic nitrogens is 3. The van der Waals surface area contributed by atoms with Crippen LogP contribution in [-0.2, 0) is 18.4 Å². The van der Waals surface area contributed by atoms with Gasteiger partial charge in [-0.15, -0.1) is 0 Å². The summed E-state index contributed by atoms with van der Waals surface area (Å²) in [7, 11) is 3.71. The van der Waals surface area contributed by atoms with Gasteiger partial charge < -0.3 is 34.7 Å². The average Bonchev–Trinajstić information content (AvgIpc) is 3.25. The molecule has 2 unspecified atom stereocenters. The van der Waals surface area contributed by atoms with Gasteiger partial charge in [-0.05, 0) is 86.1 Å². The molecule has 1 spiro atoms. The van der Waals surface area contributed by atoms with Crippen LogP contribution in [0.25, 0.3) is 33.5 Å². The van der Waals surface area contributed by atoms with Gasteiger partial charge in [-0.1, -0.05) is 6.07 Å². The Labute approximate surface area is 268 Å². The van der Waals surface area contributed by atoms with Gasteiger partial charge in [0.1, 0.15) is 11.3 Å². The van der Waals surface area contributed by atoms with Crippen LogP contribution in [-0.4, -0.2) is 76.2 Å². The molecule has 2 aliphatic carbocycles. The molecule has 240 valence electrons. The number of anilines is 1. The minimum atomic E-state index is 0.0184. The topological polar surface area (TPSA) is 111 Å². The van der Waals surface area contributed by atoms with Crippen molar-refractivity contribution in [2.45, 2.75) is 63.6 Å². The van der Waals surface area contributed by atoms with Crippen LogP contribution in [0, 0.1) is 17.3 Å². The summed E-state index contributed by atoms with van der Waals surface area (Å²) in [6.45, 7) is 4.44. The average molecular weight is 622 g/mol. The lowest BCUT2D eigenvalue weighted by atomic mass is 9.77. The van der Waals surface area contributed by atoms with Crippen LogP contribution >= 0.6 is 0 Å². The molecular formula is C36H43N7O3. The van der Waals surface area contributed by atoms with Gasteiger partial charge in [0.05, 0.1) is 23.8 Å². The van der Waals surface area contributed by atoms with E-state index in [0.29, 0.717) is 29.6 Å². The van der Waals surface area contributed by atoms with Crippen molar-refractivity contribution >= 4 is 39.4 Å². The number of carbonyl (C=O) groups excluding carboxylic acids is 2. The van der Waals surface area contributed by atoms with Crippen LogP contribution in [0.15, 0.2) is 36.4 Å². The third kappa shape index (κ3) is 4.36. The zero-order valence-corrected chi connectivity index (χ0v) is 26.8. The van der Waals surface area contributed by atoms with E-state index < -0.39 is 0 Å². The van der Waals surface area contributed by atoms with Gasteiger partial charge >= 0.3 is 0 Å². The fourth-order valence-electron chi connectivity index (χ4n) is 8.99. The van der Waals surface area contributed by atoms with Crippen molar-refractivity contribution in [3.63, 3.8) is 0 Å². The molecule has 5 fully saturated rings. The molecule has 3 saturated heterocycles. The maximum absolute atomic E-state index is 13.8. The predicted octanol–water partition coefficient (Wildman–Crippen LogP) is 4.28. The maximum Gasteiger partial charge on any atom is 0.254 e. The molecule has 5 aliphatic rings. The molecule has 2 saturated carbocycles. The number of nitrogens with zero attached hydrogens (tertiary/aromatic N) is 5. The second-order valence-electron chi connectivity index (χ2n) is 14.7. The number of amides is 2. The molecule has 4 aromatic rings. The fourth-order valence-corrected chi connectivity index (χ4v) is 8.99. The highest BCUT2D eigenvalue weighted by Crippen LogP contribution is 2.42. The number of hydrogen-bond donors (Lipinski definition) is 2. The first-order chi connectivity index (χ1) is 22.3. The van der Waals surface area contributed by atoms with Crippen LogP contribution in [0.3, 0.4) is 0 Å². The lowest BCUT2D eigenvalue weighted by molar-refractivity contribution is -0.119. The van der Waals surface area contributed by atoms with E-state index in [1.165, 1.54) is 29.4 Å². The minimum absolute atomic E-state index is 0.0184. The predicted molar refractivity (Wildman–Crippen MR) is 178 cm³/mol. The zero-order valence-electron chi connectivity index (χ0n) is 26.8. The first-order valence-corrected chi connectivity index (χ1v) is 17.1. The number of rotatable bonds is 6. The number of aryl methyl sites for hydroxylation is 1. The van der Waals surface area contributed by atoms with Gasteiger partial charge in [-0.3, -0.25) is 9.59 Å². The molecule has 3 atom stereocenters. The molecule has 2 aromatic carbocycles. The highest BCUT2D eigenvalue weighted by molar-refractivity contribution is 6.00. The van der Waals surface area contributed by atoms with Crippen LogP contribution in [0.2, 0.25) is 0 Å². The Morgan fingerprint density at radius 2 is 1.93 bits per heavy atom. The Hall–Kier alpha value is -4.05. The van der Waals surface area contributed by atoms with E-state index >= 15 is 0 Å². The van der Waals surface area contributed by atoms with Gasteiger partial charge in [-0.2, -0.15) is 0 Å². The summed E-state index contributed by atoms with van der Waals surface area (Å²) >= 11 is 0. The number of imidazole rings is 1. The molecule has 46 heavy (non-hydrogen) atoms. The fraction of sp³-hybridized carbons (Fsp3) is 0.528. The number of methoxy groups -OCH3 is 1. The van der Waals surface area contributed by atoms with Gasteiger partial charge in [-0.25, -0.2) is 4.98 Å². The first-order valence-electron chi connectivity index (χ1n) is 17.1. The number of hydrogen-bond acceptors (Lipinski definition) is 6. The van der Waals surface area contributed by atoms with Gasteiger partial charge in [0, 0.05) is 74.9 Å². The molecule has 9 rings (SSSR count). The van der Waals surface area contributed by atoms with Crippen molar-refractivity contribution in [2.75, 3.05) is 38.2 Å². The van der Waals surface area contributed by atoms with E-state index in [1.54, 1.807) is 7.11 Å². The van der Waals surface area contributed by atoms with Crippen molar-refractivity contribution in [3.05, 3.63) is 42.0 Å². The Morgan fingerprint density at radius 1 is 1.11 bits per heavy atom. The van der Waals surface area contributed by atoms with Crippen LogP contribution in [0.5, 0.6) is 5.75 Å². The summed E-state index contributed by atoms with van der Waals surface area (Å²) < 4.78 is 10.5. The van der Waals surface area contributed by atoms with Crippen LogP contribution in [0.1, 0.15) is 55.3 Å². The van der Waals surface area contributed by atoms with Crippen molar-refractivity contribution in [1.82, 2.24) is 24.3 Å². The van der Waals surface area contributed by atoms with E-state index in [9.17, 15) is 9.59 Å². The third-order valence-electron chi connectivity index (χ3n) is 12.0. The van der Waals surface area contributed by atoms with Gasteiger partial charge in [0.2, 0.25) is 5.91 Å². The molecule has 5 heterocycles. The summed E-state index contributed by atoms with van der Waals surface area (Å²) in [6.07, 6.45) is 7.34. The highest BCUT2D eigenvalue weighted by Gasteiger charge is 2.47. The summed E-state index contributed by atoms with van der Waals surface area (Å²) in [4.78, 5) is 35.4. The molecule has 3 N–H and O–H groups in total. The van der Waals surface area contributed by atoms with Crippen molar-refractivity contribution < 1.29 is 14.3 Å². The molecule has 10 nitrogen and oxygen atoms in total. The number of ether oxygens (including phenoxy) is 1. The lowest BCUT2D eigenvalue weighted by Crippen LogP contribution is -2.41. The molecule has 2 aromatic heterocycles.